The monoisotopic (exact) mass is 490 g/mol. The number of piperazine rings is 1. The molecule has 3 aliphatic rings. The van der Waals surface area contributed by atoms with Gasteiger partial charge in [-0.05, 0) is 25.2 Å². The lowest BCUT2D eigenvalue weighted by Crippen LogP contribution is -2.63. The molecule has 0 amide bonds. The summed E-state index contributed by atoms with van der Waals surface area (Å²) in [5.74, 6) is -0.0981. The molecule has 33 heavy (non-hydrogen) atoms. The molecule has 3 aromatic rings. The van der Waals surface area contributed by atoms with Crippen molar-refractivity contribution in [1.29, 1.82) is 0 Å². The van der Waals surface area contributed by atoms with Crippen LogP contribution in [0.3, 0.4) is 0 Å². The van der Waals surface area contributed by atoms with E-state index >= 15 is 0 Å². The Morgan fingerprint density at radius 3 is 2.67 bits per heavy atom. The summed E-state index contributed by atoms with van der Waals surface area (Å²) in [6.45, 7) is 3.15. The number of benzene rings is 2. The largest absolute Gasteiger partial charge is 0.378 e. The number of morpholine rings is 1. The molecule has 10 heteroatoms. The average molecular weight is 491 g/mol. The first kappa shape index (κ1) is 21.3. The van der Waals surface area contributed by atoms with Gasteiger partial charge in [0.15, 0.2) is 0 Å². The molecule has 3 aliphatic heterocycles. The molecule has 2 atom stereocenters. The van der Waals surface area contributed by atoms with E-state index in [9.17, 15) is 13.6 Å². The zero-order valence-corrected chi connectivity index (χ0v) is 19.4. The van der Waals surface area contributed by atoms with E-state index in [2.05, 4.69) is 21.8 Å². The number of rotatable bonds is 2. The lowest BCUT2D eigenvalue weighted by Gasteiger charge is -2.48. The minimum Gasteiger partial charge on any atom is -0.378 e. The van der Waals surface area contributed by atoms with Crippen LogP contribution in [0, 0.1) is 11.6 Å². The fraction of sp³-hybridized carbons (Fsp3) is 0.391. The minimum absolute atomic E-state index is 0.210. The zero-order chi connectivity index (χ0) is 22.9. The van der Waals surface area contributed by atoms with Gasteiger partial charge in [0, 0.05) is 52.9 Å². The fourth-order valence-electron chi connectivity index (χ4n) is 5.13. The molecule has 4 heterocycles. The Bertz CT molecular complexity index is 1340. The van der Waals surface area contributed by atoms with Crippen LogP contribution in [0.15, 0.2) is 34.0 Å². The maximum Gasteiger partial charge on any atom is 0.350 e. The van der Waals surface area contributed by atoms with Crippen LogP contribution in [0.4, 0.5) is 14.6 Å². The number of anilines is 1. The van der Waals surface area contributed by atoms with Crippen molar-refractivity contribution < 1.29 is 13.5 Å². The summed E-state index contributed by atoms with van der Waals surface area (Å²) in [5, 5.41) is 1.12. The minimum atomic E-state index is -0.686. The first-order valence-corrected chi connectivity index (χ1v) is 12.2. The second-order valence-electron chi connectivity index (χ2n) is 8.72. The van der Waals surface area contributed by atoms with Crippen molar-refractivity contribution in [3.63, 3.8) is 0 Å². The Kier molecular flexibility index (Phi) is 5.13. The second-order valence-corrected chi connectivity index (χ2v) is 10.2. The maximum absolute atomic E-state index is 14.8. The molecule has 0 saturated carbocycles. The van der Waals surface area contributed by atoms with E-state index in [1.165, 1.54) is 23.9 Å². The summed E-state index contributed by atoms with van der Waals surface area (Å²) in [7, 11) is 2.10. The molecule has 2 unspecified atom stereocenters. The van der Waals surface area contributed by atoms with Crippen molar-refractivity contribution in [1.82, 2.24) is 14.5 Å². The summed E-state index contributed by atoms with van der Waals surface area (Å²) in [5.41, 5.74) is 1.09. The molecular weight excluding hydrogens is 470 g/mol. The number of fused-ring (bicyclic) bond motifs is 2. The smallest absolute Gasteiger partial charge is 0.350 e. The molecule has 6 nitrogen and oxygen atoms in total. The number of hydrogen-bond donors (Lipinski definition) is 0. The third kappa shape index (κ3) is 3.36. The predicted octanol–water partition coefficient (Wildman–Crippen LogP) is 3.62. The van der Waals surface area contributed by atoms with Gasteiger partial charge in [-0.1, -0.05) is 11.6 Å². The van der Waals surface area contributed by atoms with Crippen molar-refractivity contribution in [2.45, 2.75) is 23.5 Å². The van der Waals surface area contributed by atoms with Gasteiger partial charge in [-0.2, -0.15) is 4.98 Å². The molecule has 6 rings (SSSR count). The van der Waals surface area contributed by atoms with E-state index in [-0.39, 0.29) is 23.3 Å². The van der Waals surface area contributed by atoms with Crippen LogP contribution in [0.2, 0.25) is 5.02 Å². The first-order chi connectivity index (χ1) is 15.9. The maximum atomic E-state index is 14.8. The van der Waals surface area contributed by atoms with E-state index in [1.54, 1.807) is 10.6 Å². The molecule has 1 aromatic heterocycles. The van der Waals surface area contributed by atoms with Crippen molar-refractivity contribution in [2.75, 3.05) is 44.0 Å². The Balaban J connectivity index is 1.58. The van der Waals surface area contributed by atoms with E-state index < -0.39 is 11.6 Å². The predicted molar refractivity (Wildman–Crippen MR) is 125 cm³/mol. The molecule has 2 bridgehead atoms. The zero-order valence-electron chi connectivity index (χ0n) is 17.9. The quantitative estimate of drug-likeness (QED) is 0.547. The van der Waals surface area contributed by atoms with Crippen molar-refractivity contribution in [2.24, 2.45) is 0 Å². The topological polar surface area (TPSA) is 50.6 Å². The lowest BCUT2D eigenvalue weighted by atomic mass is 10.0. The number of likely N-dealkylation sites (N-methyl/N-ethyl adjacent to an activating group) is 1. The molecule has 0 spiro atoms. The van der Waals surface area contributed by atoms with Crippen molar-refractivity contribution in [3.05, 3.63) is 51.4 Å². The van der Waals surface area contributed by atoms with E-state index in [4.69, 9.17) is 16.3 Å². The number of ether oxygens (including phenoxy) is 1. The Hall–Kier alpha value is -2.20. The van der Waals surface area contributed by atoms with Crippen LogP contribution < -0.4 is 10.6 Å². The lowest BCUT2D eigenvalue weighted by molar-refractivity contribution is -0.0440. The third-order valence-electron chi connectivity index (χ3n) is 6.85. The summed E-state index contributed by atoms with van der Waals surface area (Å²) in [6, 6.07) is 5.66. The van der Waals surface area contributed by atoms with Crippen LogP contribution in [0.5, 0.6) is 0 Å². The average Bonchev–Trinajstić information content (AvgIpc) is 2.77. The van der Waals surface area contributed by atoms with E-state index in [0.717, 1.165) is 16.3 Å². The summed E-state index contributed by atoms with van der Waals surface area (Å²) >= 11 is 8.28. The van der Waals surface area contributed by atoms with Crippen LogP contribution >= 0.6 is 23.4 Å². The van der Waals surface area contributed by atoms with Gasteiger partial charge in [0.1, 0.15) is 17.5 Å². The van der Waals surface area contributed by atoms with Gasteiger partial charge in [-0.25, -0.2) is 13.6 Å². The number of nitrogens with zero attached hydrogens (tertiary/aromatic N) is 4. The summed E-state index contributed by atoms with van der Waals surface area (Å²) < 4.78 is 35.7. The standard InChI is InChI=1S/C23H21ClF2N4O2S/c1-28-13-8-29(9-14(28)11-32-10-13)22-16-7-17(24)19(15-3-2-12(25)6-18(15)26)21-20(16)30(4-5-33-21)23(31)27-22/h2-3,6-7,13-14H,4-5,8-11H2,1H3. The van der Waals surface area contributed by atoms with Crippen LogP contribution in [-0.4, -0.2) is 65.6 Å². The van der Waals surface area contributed by atoms with Crippen LogP contribution in [0.1, 0.15) is 0 Å². The molecule has 2 aromatic carbocycles. The molecule has 2 fully saturated rings. The normalized spacial score (nSPS) is 22.7. The Labute approximate surface area is 198 Å². The fourth-order valence-corrected chi connectivity index (χ4v) is 6.69. The van der Waals surface area contributed by atoms with E-state index in [0.29, 0.717) is 60.5 Å². The first-order valence-electron chi connectivity index (χ1n) is 10.8. The van der Waals surface area contributed by atoms with Crippen LogP contribution in [-0.2, 0) is 11.3 Å². The second kappa shape index (κ2) is 7.94. The molecule has 172 valence electrons. The summed E-state index contributed by atoms with van der Waals surface area (Å²) in [4.78, 5) is 22.8. The highest BCUT2D eigenvalue weighted by Gasteiger charge is 2.37. The van der Waals surface area contributed by atoms with E-state index in [1.807, 2.05) is 0 Å². The Morgan fingerprint density at radius 2 is 1.94 bits per heavy atom. The summed E-state index contributed by atoms with van der Waals surface area (Å²) in [6.07, 6.45) is 0. The number of aryl methyl sites for hydroxylation is 1. The van der Waals surface area contributed by atoms with Gasteiger partial charge in [0.05, 0.1) is 35.8 Å². The van der Waals surface area contributed by atoms with Crippen LogP contribution in [0.25, 0.3) is 22.0 Å². The van der Waals surface area contributed by atoms with Gasteiger partial charge >= 0.3 is 5.69 Å². The molecule has 0 radical (unpaired) electrons. The molecular formula is C23H21ClF2N4O2S. The van der Waals surface area contributed by atoms with Gasteiger partial charge in [0.25, 0.3) is 0 Å². The molecule has 2 saturated heterocycles. The highest BCUT2D eigenvalue weighted by molar-refractivity contribution is 7.99. The van der Waals surface area contributed by atoms with Crippen molar-refractivity contribution in [3.8, 4) is 11.1 Å². The number of thioether (sulfide) groups is 1. The van der Waals surface area contributed by atoms with Gasteiger partial charge in [-0.3, -0.25) is 9.47 Å². The SMILES string of the molecule is CN1C2COCC1CN(c1nc(=O)n3c4c(c(-c5ccc(F)cc5F)c(Cl)cc14)SCC3)C2. The highest BCUT2D eigenvalue weighted by Crippen LogP contribution is 2.46. The molecule has 0 N–H and O–H groups in total. The van der Waals surface area contributed by atoms with Gasteiger partial charge in [0.2, 0.25) is 0 Å². The van der Waals surface area contributed by atoms with Crippen molar-refractivity contribution >= 4 is 40.1 Å². The number of halogens is 3. The third-order valence-corrected chi connectivity index (χ3v) is 8.22. The molecule has 0 aliphatic carbocycles. The number of hydrogen-bond acceptors (Lipinski definition) is 6. The Morgan fingerprint density at radius 1 is 1.18 bits per heavy atom. The van der Waals surface area contributed by atoms with Gasteiger partial charge in [-0.15, -0.1) is 11.8 Å². The highest BCUT2D eigenvalue weighted by atomic mass is 35.5. The van der Waals surface area contributed by atoms with Gasteiger partial charge < -0.3 is 9.64 Å². The number of aromatic nitrogens is 2.